The van der Waals surface area contributed by atoms with Gasteiger partial charge in [0.1, 0.15) is 18.2 Å². The first-order valence-corrected chi connectivity index (χ1v) is 20.5. The summed E-state index contributed by atoms with van der Waals surface area (Å²) in [6.45, 7) is 8.65. The molecule has 1 aliphatic heterocycles. The number of benzene rings is 1. The quantitative estimate of drug-likeness (QED) is 0.0509. The zero-order valence-corrected chi connectivity index (χ0v) is 33.4. The summed E-state index contributed by atoms with van der Waals surface area (Å²) in [4.78, 5) is 68.6. The molecule has 0 spiro atoms. The highest BCUT2D eigenvalue weighted by Crippen LogP contribution is 2.23. The highest BCUT2D eigenvalue weighted by atomic mass is 16.6. The number of hydrogen-bond acceptors (Lipinski definition) is 11. The minimum Gasteiger partial charge on any atom is -0.463 e. The van der Waals surface area contributed by atoms with Crippen molar-refractivity contribution in [1.82, 2.24) is 40.4 Å². The zero-order chi connectivity index (χ0) is 40.1. The number of piperidine rings is 1. The molecule has 56 heavy (non-hydrogen) atoms. The van der Waals surface area contributed by atoms with Crippen molar-refractivity contribution in [3.8, 4) is 6.01 Å². The molecule has 1 atom stereocenters. The number of H-pyrrole nitrogens is 1. The van der Waals surface area contributed by atoms with Crippen LogP contribution in [0.5, 0.6) is 6.01 Å². The van der Waals surface area contributed by atoms with E-state index >= 15 is 0 Å². The lowest BCUT2D eigenvalue weighted by molar-refractivity contribution is -0.129. The summed E-state index contributed by atoms with van der Waals surface area (Å²) in [5.41, 5.74) is 8.80. The molecule has 16 nitrogen and oxygen atoms in total. The average Bonchev–Trinajstić information content (AvgIpc) is 3.50. The molecule has 310 valence electrons. The van der Waals surface area contributed by atoms with Crippen molar-refractivity contribution in [2.45, 2.75) is 123 Å². The van der Waals surface area contributed by atoms with Gasteiger partial charge in [0.2, 0.25) is 17.7 Å². The van der Waals surface area contributed by atoms with Crippen molar-refractivity contribution >= 4 is 34.7 Å². The number of aromatic nitrogens is 4. The topological polar surface area (TPSA) is 225 Å². The number of hydrogen-bond donors (Lipinski definition) is 6. The van der Waals surface area contributed by atoms with Gasteiger partial charge in [0.25, 0.3) is 0 Å². The lowest BCUT2D eigenvalue weighted by Crippen LogP contribution is -2.47. The number of ether oxygens (including phenoxy) is 1. The second kappa shape index (κ2) is 24.2. The van der Waals surface area contributed by atoms with Crippen LogP contribution in [0.25, 0.3) is 11.2 Å². The Bertz CT molecular complexity index is 1700. The summed E-state index contributed by atoms with van der Waals surface area (Å²) in [6, 6.07) is 7.86. The van der Waals surface area contributed by atoms with E-state index in [9.17, 15) is 19.2 Å². The fraction of sp³-hybridized carbons (Fsp3) is 0.650. The Hall–Kier alpha value is -4.54. The number of aromatic amines is 1. The maximum Gasteiger partial charge on any atom is 0.328 e. The van der Waals surface area contributed by atoms with Gasteiger partial charge in [-0.05, 0) is 81.5 Å². The summed E-state index contributed by atoms with van der Waals surface area (Å²) in [5.74, 6) is 5.10. The Balaban J connectivity index is 1.20. The maximum atomic E-state index is 13.2. The molecular formula is C40H64N10O6. The van der Waals surface area contributed by atoms with Crippen molar-refractivity contribution in [3.63, 3.8) is 0 Å². The Morgan fingerprint density at radius 2 is 1.61 bits per heavy atom. The van der Waals surface area contributed by atoms with E-state index in [1.54, 1.807) is 4.57 Å². The van der Waals surface area contributed by atoms with Crippen LogP contribution in [0.4, 0.5) is 5.82 Å². The number of likely N-dealkylation sites (tertiary alicyclic amines) is 1. The van der Waals surface area contributed by atoms with Crippen LogP contribution < -0.4 is 38.0 Å². The molecule has 1 fully saturated rings. The molecule has 3 amide bonds. The maximum absolute atomic E-state index is 13.2. The number of nitrogens with zero attached hydrogens (tertiary/aromatic N) is 4. The Morgan fingerprint density at radius 3 is 2.32 bits per heavy atom. The van der Waals surface area contributed by atoms with E-state index < -0.39 is 6.04 Å². The molecule has 0 saturated carbocycles. The largest absolute Gasteiger partial charge is 0.463 e. The third-order valence-electron chi connectivity index (χ3n) is 10.3. The molecule has 8 N–H and O–H groups in total. The Labute approximate surface area is 330 Å². The van der Waals surface area contributed by atoms with E-state index in [2.05, 4.69) is 66.6 Å². The van der Waals surface area contributed by atoms with Crippen LogP contribution in [0.1, 0.15) is 115 Å². The molecule has 16 heteroatoms. The first kappa shape index (κ1) is 44.2. The van der Waals surface area contributed by atoms with Crippen molar-refractivity contribution < 1.29 is 24.0 Å². The van der Waals surface area contributed by atoms with Crippen LogP contribution >= 0.6 is 0 Å². The van der Waals surface area contributed by atoms with Gasteiger partial charge in [0.05, 0.1) is 13.2 Å². The fourth-order valence-corrected chi connectivity index (χ4v) is 6.95. The molecule has 0 aliphatic carbocycles. The molecule has 0 bridgehead atoms. The van der Waals surface area contributed by atoms with Gasteiger partial charge in [0.15, 0.2) is 11.5 Å². The normalized spacial score (nSPS) is 14.1. The number of carbonyl (C=O) groups excluding carboxylic acids is 3. The smallest absolute Gasteiger partial charge is 0.328 e. The summed E-state index contributed by atoms with van der Waals surface area (Å²) in [5, 5.41) is 8.78. The van der Waals surface area contributed by atoms with Gasteiger partial charge in [0, 0.05) is 26.1 Å². The molecule has 1 aliphatic rings. The monoisotopic (exact) mass is 781 g/mol. The van der Waals surface area contributed by atoms with Gasteiger partial charge in [-0.3, -0.25) is 28.7 Å². The number of fused-ring (bicyclic) bond motifs is 1. The molecule has 3 heterocycles. The number of carbonyl (C=O) groups is 3. The average molecular weight is 781 g/mol. The second-order valence-corrected chi connectivity index (χ2v) is 14.9. The number of imidazole rings is 1. The third-order valence-corrected chi connectivity index (χ3v) is 10.3. The van der Waals surface area contributed by atoms with E-state index in [0.717, 1.165) is 89.4 Å². The minimum absolute atomic E-state index is 0.0929. The van der Waals surface area contributed by atoms with Gasteiger partial charge < -0.3 is 31.4 Å². The number of anilines is 1. The Kier molecular flexibility index (Phi) is 19.1. The standard InChI is InChI=1S/C40H64N10O6/c1-3-5-7-8-9-13-33(51)45-32(12-10-11-21-43-34(52)28-56-42)38(53)44-22-18-29-19-23-49(24-20-29)26-30-14-16-31(17-15-30)27-50-37-35(46-40(50)54)36(41)47-39(48-37)55-25-6-4-2/h14-17,29,32H,3-13,18-28,42H2,1-2H3,(H,43,52)(H,44,53)(H,45,51)(H,46,54)(H2,41,47,48)/t32-/m0/s1. The predicted molar refractivity (Wildman–Crippen MR) is 216 cm³/mol. The van der Waals surface area contributed by atoms with E-state index in [-0.39, 0.29) is 41.8 Å². The molecule has 1 saturated heterocycles. The van der Waals surface area contributed by atoms with Crippen LogP contribution in [-0.2, 0) is 32.3 Å². The highest BCUT2D eigenvalue weighted by Gasteiger charge is 2.23. The molecule has 1 aromatic carbocycles. The SMILES string of the molecule is CCCCCCCC(=O)N[C@@H](CCCCNC(=O)CON)C(=O)NCCC1CCN(Cc2ccc(Cn3c(=O)[nH]c4c(N)nc(OCCCC)nc43)cc2)CC1. The van der Waals surface area contributed by atoms with Crippen LogP contribution in [0.15, 0.2) is 29.1 Å². The first-order valence-electron chi connectivity index (χ1n) is 20.5. The number of nitrogen functional groups attached to an aromatic ring is 1. The number of unbranched alkanes of at least 4 members (excludes halogenated alkanes) is 6. The fourth-order valence-electron chi connectivity index (χ4n) is 6.95. The highest BCUT2D eigenvalue weighted by molar-refractivity contribution is 5.87. The van der Waals surface area contributed by atoms with E-state index in [4.69, 9.17) is 16.4 Å². The zero-order valence-electron chi connectivity index (χ0n) is 33.4. The molecule has 4 rings (SSSR count). The third kappa shape index (κ3) is 14.8. The summed E-state index contributed by atoms with van der Waals surface area (Å²) < 4.78 is 7.22. The summed E-state index contributed by atoms with van der Waals surface area (Å²) >= 11 is 0. The summed E-state index contributed by atoms with van der Waals surface area (Å²) in [7, 11) is 0. The van der Waals surface area contributed by atoms with Crippen LogP contribution in [0.2, 0.25) is 0 Å². The number of rotatable bonds is 26. The molecular weight excluding hydrogens is 717 g/mol. The van der Waals surface area contributed by atoms with Crippen LogP contribution in [0, 0.1) is 5.92 Å². The van der Waals surface area contributed by atoms with Crippen molar-refractivity contribution in [3.05, 3.63) is 45.9 Å². The van der Waals surface area contributed by atoms with Gasteiger partial charge in [-0.2, -0.15) is 9.97 Å². The minimum atomic E-state index is -0.603. The van der Waals surface area contributed by atoms with E-state index in [1.165, 1.54) is 5.56 Å². The van der Waals surface area contributed by atoms with E-state index in [0.29, 0.717) is 69.0 Å². The number of nitrogens with one attached hydrogen (secondary N) is 4. The van der Waals surface area contributed by atoms with Gasteiger partial charge in [-0.25, -0.2) is 10.7 Å². The van der Waals surface area contributed by atoms with Crippen molar-refractivity contribution in [2.24, 2.45) is 11.8 Å². The Morgan fingerprint density at radius 1 is 0.893 bits per heavy atom. The molecule has 2 aromatic heterocycles. The number of amides is 3. The van der Waals surface area contributed by atoms with Gasteiger partial charge in [-0.1, -0.05) is 70.2 Å². The molecule has 0 unspecified atom stereocenters. The van der Waals surface area contributed by atoms with Crippen molar-refractivity contribution in [1.29, 1.82) is 0 Å². The first-order chi connectivity index (χ1) is 27.2. The van der Waals surface area contributed by atoms with Crippen LogP contribution in [-0.4, -0.2) is 87.6 Å². The van der Waals surface area contributed by atoms with Crippen molar-refractivity contribution in [2.75, 3.05) is 45.1 Å². The molecule has 3 aromatic rings. The lowest BCUT2D eigenvalue weighted by Gasteiger charge is -2.32. The predicted octanol–water partition coefficient (Wildman–Crippen LogP) is 3.67. The molecule has 0 radical (unpaired) electrons. The number of nitrogens with two attached hydrogens (primary N) is 2. The lowest BCUT2D eigenvalue weighted by atomic mass is 9.93. The van der Waals surface area contributed by atoms with E-state index in [1.807, 2.05) is 12.1 Å². The van der Waals surface area contributed by atoms with Gasteiger partial charge >= 0.3 is 11.7 Å². The summed E-state index contributed by atoms with van der Waals surface area (Å²) in [6.07, 6.45) is 12.3. The van der Waals surface area contributed by atoms with Crippen LogP contribution in [0.3, 0.4) is 0 Å². The van der Waals surface area contributed by atoms with Gasteiger partial charge in [-0.15, -0.1) is 0 Å². The second-order valence-electron chi connectivity index (χ2n) is 14.9.